The van der Waals surface area contributed by atoms with Crippen LogP contribution < -0.4 is 0 Å². The van der Waals surface area contributed by atoms with Gasteiger partial charge in [0.15, 0.2) is 0 Å². The molecule has 0 unspecified atom stereocenters. The van der Waals surface area contributed by atoms with Gasteiger partial charge < -0.3 is 14.6 Å². The Bertz CT molecular complexity index is 794. The number of benzene rings is 1. The quantitative estimate of drug-likeness (QED) is 0.597. The fourth-order valence-corrected chi connectivity index (χ4v) is 3.71. The number of methoxy groups -OCH3 is 1. The van der Waals surface area contributed by atoms with Crippen LogP contribution in [0, 0.1) is 0 Å². The number of amides is 1. The number of hydrogen-bond acceptors (Lipinski definition) is 3. The summed E-state index contributed by atoms with van der Waals surface area (Å²) in [6, 6.07) is 5.56. The molecule has 0 saturated heterocycles. The molecule has 2 heterocycles. The summed E-state index contributed by atoms with van der Waals surface area (Å²) in [5.41, 5.74) is 3.86. The molecular weight excluding hydrogens is 328 g/mol. The summed E-state index contributed by atoms with van der Waals surface area (Å²) in [5, 5.41) is 1.02. The Hall–Kier alpha value is -2.30. The summed E-state index contributed by atoms with van der Waals surface area (Å²) < 4.78 is 4.82. The number of esters is 1. The lowest BCUT2D eigenvalue weighted by atomic mass is 10.0. The number of H-pyrrole nitrogens is 1. The van der Waals surface area contributed by atoms with E-state index in [0.29, 0.717) is 18.5 Å². The minimum Gasteiger partial charge on any atom is -0.465 e. The predicted octanol–water partition coefficient (Wildman–Crippen LogP) is 4.20. The largest absolute Gasteiger partial charge is 0.465 e. The monoisotopic (exact) mass is 356 g/mol. The number of hydrogen-bond donors (Lipinski definition) is 1. The molecule has 2 aromatic rings. The number of rotatable bonds is 7. The van der Waals surface area contributed by atoms with Gasteiger partial charge in [0, 0.05) is 48.1 Å². The molecular formula is C21H28N2O3. The van der Waals surface area contributed by atoms with E-state index in [-0.39, 0.29) is 11.9 Å². The zero-order chi connectivity index (χ0) is 18.5. The maximum absolute atomic E-state index is 12.6. The van der Waals surface area contributed by atoms with Crippen molar-refractivity contribution in [1.82, 2.24) is 9.88 Å². The summed E-state index contributed by atoms with van der Waals surface area (Å²) in [4.78, 5) is 29.8. The van der Waals surface area contributed by atoms with Gasteiger partial charge >= 0.3 is 5.97 Å². The molecule has 0 spiro atoms. The van der Waals surface area contributed by atoms with Crippen LogP contribution in [0.2, 0.25) is 0 Å². The van der Waals surface area contributed by atoms with Crippen molar-refractivity contribution < 1.29 is 14.3 Å². The maximum Gasteiger partial charge on any atom is 0.337 e. The maximum atomic E-state index is 12.6. The molecule has 1 aliphatic heterocycles. The minimum atomic E-state index is -0.335. The van der Waals surface area contributed by atoms with Crippen LogP contribution in [-0.4, -0.2) is 35.4 Å². The van der Waals surface area contributed by atoms with E-state index in [0.717, 1.165) is 42.3 Å². The second-order valence-corrected chi connectivity index (χ2v) is 7.06. The van der Waals surface area contributed by atoms with Crippen molar-refractivity contribution in [2.45, 2.75) is 58.4 Å². The molecule has 0 aliphatic carbocycles. The van der Waals surface area contributed by atoms with Gasteiger partial charge in [0.05, 0.1) is 12.7 Å². The SMILES string of the molecule is CCCCCCCC(=O)N1CCc2[nH]c3ccc(C(=O)OC)cc3c2C1. The zero-order valence-electron chi connectivity index (χ0n) is 15.8. The zero-order valence-corrected chi connectivity index (χ0v) is 15.8. The first-order chi connectivity index (χ1) is 12.6. The molecule has 26 heavy (non-hydrogen) atoms. The molecule has 0 radical (unpaired) electrons. The second-order valence-electron chi connectivity index (χ2n) is 7.06. The molecule has 140 valence electrons. The van der Waals surface area contributed by atoms with Gasteiger partial charge in [0.1, 0.15) is 0 Å². The van der Waals surface area contributed by atoms with Crippen LogP contribution in [0.3, 0.4) is 0 Å². The molecule has 1 aliphatic rings. The highest BCUT2D eigenvalue weighted by atomic mass is 16.5. The average molecular weight is 356 g/mol. The molecule has 1 amide bonds. The number of fused-ring (bicyclic) bond motifs is 3. The van der Waals surface area contributed by atoms with Gasteiger partial charge in [-0.25, -0.2) is 4.79 Å². The van der Waals surface area contributed by atoms with Crippen molar-refractivity contribution in [1.29, 1.82) is 0 Å². The van der Waals surface area contributed by atoms with E-state index in [1.54, 1.807) is 6.07 Å². The van der Waals surface area contributed by atoms with Crippen molar-refractivity contribution in [3.63, 3.8) is 0 Å². The van der Waals surface area contributed by atoms with Crippen LogP contribution in [0.25, 0.3) is 10.9 Å². The van der Waals surface area contributed by atoms with Gasteiger partial charge in [-0.1, -0.05) is 32.6 Å². The molecule has 1 aromatic heterocycles. The van der Waals surface area contributed by atoms with Crippen molar-refractivity contribution in [2.24, 2.45) is 0 Å². The molecule has 1 aromatic carbocycles. The summed E-state index contributed by atoms with van der Waals surface area (Å²) in [5.74, 6) is -0.0942. The van der Waals surface area contributed by atoms with Gasteiger partial charge in [0.25, 0.3) is 0 Å². The first-order valence-corrected chi connectivity index (χ1v) is 9.63. The molecule has 0 fully saturated rings. The van der Waals surface area contributed by atoms with Gasteiger partial charge in [-0.05, 0) is 24.6 Å². The molecule has 0 atom stereocenters. The van der Waals surface area contributed by atoms with Crippen LogP contribution >= 0.6 is 0 Å². The fourth-order valence-electron chi connectivity index (χ4n) is 3.71. The highest BCUT2D eigenvalue weighted by Crippen LogP contribution is 2.29. The van der Waals surface area contributed by atoms with Gasteiger partial charge in [-0.3, -0.25) is 4.79 Å². The lowest BCUT2D eigenvalue weighted by molar-refractivity contribution is -0.132. The Kier molecular flexibility index (Phi) is 5.96. The number of aromatic amines is 1. The molecule has 0 saturated carbocycles. The number of nitrogens with one attached hydrogen (secondary N) is 1. The smallest absolute Gasteiger partial charge is 0.337 e. The van der Waals surface area contributed by atoms with E-state index in [1.165, 1.54) is 32.1 Å². The summed E-state index contributed by atoms with van der Waals surface area (Å²) in [7, 11) is 1.39. The third-order valence-electron chi connectivity index (χ3n) is 5.24. The van der Waals surface area contributed by atoms with E-state index in [9.17, 15) is 9.59 Å². The third-order valence-corrected chi connectivity index (χ3v) is 5.24. The molecule has 3 rings (SSSR count). The van der Waals surface area contributed by atoms with Crippen LogP contribution in [0.15, 0.2) is 18.2 Å². The van der Waals surface area contributed by atoms with Crippen molar-refractivity contribution in [2.75, 3.05) is 13.7 Å². The first-order valence-electron chi connectivity index (χ1n) is 9.63. The number of aromatic nitrogens is 1. The van der Waals surface area contributed by atoms with E-state index in [1.807, 2.05) is 17.0 Å². The third kappa shape index (κ3) is 3.92. The average Bonchev–Trinajstić information content (AvgIpc) is 3.04. The Morgan fingerprint density at radius 2 is 2.00 bits per heavy atom. The van der Waals surface area contributed by atoms with E-state index in [2.05, 4.69) is 11.9 Å². The van der Waals surface area contributed by atoms with Crippen LogP contribution in [0.5, 0.6) is 0 Å². The van der Waals surface area contributed by atoms with Gasteiger partial charge in [0.2, 0.25) is 5.91 Å². The topological polar surface area (TPSA) is 62.4 Å². The van der Waals surface area contributed by atoms with Crippen molar-refractivity contribution in [3.8, 4) is 0 Å². The van der Waals surface area contributed by atoms with Crippen LogP contribution in [0.4, 0.5) is 0 Å². The Balaban J connectivity index is 1.70. The molecule has 1 N–H and O–H groups in total. The van der Waals surface area contributed by atoms with E-state index in [4.69, 9.17) is 4.74 Å². The Morgan fingerprint density at radius 3 is 2.77 bits per heavy atom. The predicted molar refractivity (Wildman–Crippen MR) is 102 cm³/mol. The first kappa shape index (κ1) is 18.5. The normalized spacial score (nSPS) is 13.7. The van der Waals surface area contributed by atoms with E-state index >= 15 is 0 Å². The lowest BCUT2D eigenvalue weighted by Gasteiger charge is -2.27. The van der Waals surface area contributed by atoms with Crippen LogP contribution in [-0.2, 0) is 22.5 Å². The van der Waals surface area contributed by atoms with Gasteiger partial charge in [-0.15, -0.1) is 0 Å². The number of ether oxygens (including phenoxy) is 1. The Labute approximate surface area is 154 Å². The lowest BCUT2D eigenvalue weighted by Crippen LogP contribution is -2.35. The second kappa shape index (κ2) is 8.39. The standard InChI is InChI=1S/C21H28N2O3/c1-3-4-5-6-7-8-20(24)23-12-11-19-17(14-23)16-13-15(21(25)26-2)9-10-18(16)22-19/h9-10,13,22H,3-8,11-12,14H2,1-2H3. The summed E-state index contributed by atoms with van der Waals surface area (Å²) in [6.07, 6.45) is 7.26. The molecule has 5 heteroatoms. The minimum absolute atomic E-state index is 0.241. The highest BCUT2D eigenvalue weighted by Gasteiger charge is 2.24. The molecule has 5 nitrogen and oxygen atoms in total. The number of unbranched alkanes of at least 4 members (excludes halogenated alkanes) is 4. The fraction of sp³-hybridized carbons (Fsp3) is 0.524. The number of nitrogens with zero attached hydrogens (tertiary/aromatic N) is 1. The van der Waals surface area contributed by atoms with Crippen molar-refractivity contribution >= 4 is 22.8 Å². The molecule has 0 bridgehead atoms. The Morgan fingerprint density at radius 1 is 1.19 bits per heavy atom. The summed E-state index contributed by atoms with van der Waals surface area (Å²) in [6.45, 7) is 3.58. The van der Waals surface area contributed by atoms with Gasteiger partial charge in [-0.2, -0.15) is 0 Å². The summed E-state index contributed by atoms with van der Waals surface area (Å²) >= 11 is 0. The number of carbonyl (C=O) groups excluding carboxylic acids is 2. The van der Waals surface area contributed by atoms with Crippen molar-refractivity contribution in [3.05, 3.63) is 35.0 Å². The highest BCUT2D eigenvalue weighted by molar-refractivity contribution is 5.96. The van der Waals surface area contributed by atoms with Crippen LogP contribution in [0.1, 0.15) is 67.1 Å². The van der Waals surface area contributed by atoms with E-state index < -0.39 is 0 Å². The number of carbonyl (C=O) groups is 2.